The molecule has 2 aromatic carbocycles. The standard InChI is InChI=1S/C20H25N3O2S/c1-5-23(6-2)20-12-11-16(26(24,25)22(3)4)14-17(20)19-13-15-9-7-8-10-18(15)21-19/h7-14,21H,5-6H2,1-4H3. The van der Waals surface area contributed by atoms with E-state index in [0.717, 1.165) is 40.9 Å². The summed E-state index contributed by atoms with van der Waals surface area (Å²) < 4.78 is 26.5. The molecular weight excluding hydrogens is 346 g/mol. The molecule has 3 rings (SSSR count). The number of benzene rings is 2. The van der Waals surface area contributed by atoms with Crippen LogP contribution >= 0.6 is 0 Å². The van der Waals surface area contributed by atoms with Crippen LogP contribution in [0.15, 0.2) is 53.4 Å². The lowest BCUT2D eigenvalue weighted by molar-refractivity contribution is 0.521. The van der Waals surface area contributed by atoms with Crippen LogP contribution in [0.25, 0.3) is 22.2 Å². The zero-order valence-electron chi connectivity index (χ0n) is 15.7. The lowest BCUT2D eigenvalue weighted by Gasteiger charge is -2.25. The van der Waals surface area contributed by atoms with Gasteiger partial charge in [-0.3, -0.25) is 0 Å². The molecule has 3 aromatic rings. The number of nitrogens with zero attached hydrogens (tertiary/aromatic N) is 2. The van der Waals surface area contributed by atoms with E-state index in [-0.39, 0.29) is 0 Å². The van der Waals surface area contributed by atoms with Crippen molar-refractivity contribution in [2.24, 2.45) is 0 Å². The number of para-hydroxylation sites is 1. The second-order valence-electron chi connectivity index (χ2n) is 6.41. The maximum Gasteiger partial charge on any atom is 0.242 e. The monoisotopic (exact) mass is 371 g/mol. The zero-order chi connectivity index (χ0) is 18.9. The highest BCUT2D eigenvalue weighted by Gasteiger charge is 2.21. The molecule has 0 fully saturated rings. The number of rotatable bonds is 6. The SMILES string of the molecule is CCN(CC)c1ccc(S(=O)(=O)N(C)C)cc1-c1cc2ccccc2[nH]1. The van der Waals surface area contributed by atoms with Gasteiger partial charge in [-0.25, -0.2) is 12.7 Å². The Labute approximate surface area is 155 Å². The summed E-state index contributed by atoms with van der Waals surface area (Å²) in [6.07, 6.45) is 0. The summed E-state index contributed by atoms with van der Waals surface area (Å²) in [6.45, 7) is 5.90. The molecule has 0 spiro atoms. The van der Waals surface area contributed by atoms with Crippen LogP contribution in [-0.4, -0.2) is 44.9 Å². The van der Waals surface area contributed by atoms with Crippen LogP contribution in [0.2, 0.25) is 0 Å². The first-order valence-corrected chi connectivity index (χ1v) is 10.2. The molecule has 5 nitrogen and oxygen atoms in total. The van der Waals surface area contributed by atoms with Crippen molar-refractivity contribution in [2.75, 3.05) is 32.1 Å². The molecule has 26 heavy (non-hydrogen) atoms. The molecule has 0 atom stereocenters. The van der Waals surface area contributed by atoms with Gasteiger partial charge < -0.3 is 9.88 Å². The molecule has 0 aliphatic rings. The van der Waals surface area contributed by atoms with Crippen molar-refractivity contribution in [3.05, 3.63) is 48.5 Å². The smallest absolute Gasteiger partial charge is 0.242 e. The summed E-state index contributed by atoms with van der Waals surface area (Å²) in [5, 5.41) is 1.11. The van der Waals surface area contributed by atoms with E-state index >= 15 is 0 Å². The Morgan fingerprint density at radius 1 is 0.962 bits per heavy atom. The van der Waals surface area contributed by atoms with Crippen molar-refractivity contribution < 1.29 is 8.42 Å². The summed E-state index contributed by atoms with van der Waals surface area (Å²) in [7, 11) is -0.389. The number of nitrogens with one attached hydrogen (secondary N) is 1. The van der Waals surface area contributed by atoms with Crippen LogP contribution in [0.5, 0.6) is 0 Å². The number of fused-ring (bicyclic) bond motifs is 1. The number of aromatic nitrogens is 1. The van der Waals surface area contributed by atoms with Gasteiger partial charge in [-0.2, -0.15) is 0 Å². The number of aromatic amines is 1. The molecule has 138 valence electrons. The first-order chi connectivity index (χ1) is 12.4. The number of hydrogen-bond donors (Lipinski definition) is 1. The third kappa shape index (κ3) is 3.22. The van der Waals surface area contributed by atoms with Crippen molar-refractivity contribution in [2.45, 2.75) is 18.7 Å². The van der Waals surface area contributed by atoms with E-state index in [1.807, 2.05) is 30.3 Å². The Kier molecular flexibility index (Phi) is 5.07. The minimum atomic E-state index is -3.49. The van der Waals surface area contributed by atoms with Gasteiger partial charge in [0.2, 0.25) is 10.0 Å². The van der Waals surface area contributed by atoms with Gasteiger partial charge in [0.25, 0.3) is 0 Å². The first-order valence-electron chi connectivity index (χ1n) is 8.78. The molecule has 0 amide bonds. The highest BCUT2D eigenvalue weighted by atomic mass is 32.2. The van der Waals surface area contributed by atoms with Crippen molar-refractivity contribution in [3.8, 4) is 11.3 Å². The predicted molar refractivity (Wildman–Crippen MR) is 108 cm³/mol. The van der Waals surface area contributed by atoms with E-state index in [2.05, 4.69) is 29.8 Å². The van der Waals surface area contributed by atoms with Crippen molar-refractivity contribution in [1.82, 2.24) is 9.29 Å². The fraction of sp³-hybridized carbons (Fsp3) is 0.300. The van der Waals surface area contributed by atoms with E-state index in [1.165, 1.54) is 4.31 Å². The Morgan fingerprint density at radius 2 is 1.65 bits per heavy atom. The molecule has 0 radical (unpaired) electrons. The Bertz CT molecular complexity index is 985. The molecule has 0 aliphatic heterocycles. The summed E-state index contributed by atoms with van der Waals surface area (Å²) in [5.41, 5.74) is 3.88. The number of H-pyrrole nitrogens is 1. The lowest BCUT2D eigenvalue weighted by Crippen LogP contribution is -2.24. The van der Waals surface area contributed by atoms with E-state index in [4.69, 9.17) is 0 Å². The normalized spacial score (nSPS) is 12.0. The van der Waals surface area contributed by atoms with E-state index in [1.54, 1.807) is 26.2 Å². The van der Waals surface area contributed by atoms with E-state index in [9.17, 15) is 8.42 Å². The summed E-state index contributed by atoms with van der Waals surface area (Å²) in [6, 6.07) is 15.5. The molecule has 1 heterocycles. The highest BCUT2D eigenvalue weighted by molar-refractivity contribution is 7.89. The fourth-order valence-corrected chi connectivity index (χ4v) is 4.09. The topological polar surface area (TPSA) is 56.4 Å². The summed E-state index contributed by atoms with van der Waals surface area (Å²) in [5.74, 6) is 0. The number of sulfonamides is 1. The largest absolute Gasteiger partial charge is 0.372 e. The lowest BCUT2D eigenvalue weighted by atomic mass is 10.1. The quantitative estimate of drug-likeness (QED) is 0.714. The van der Waals surface area contributed by atoms with Gasteiger partial charge in [0.1, 0.15) is 0 Å². The molecular formula is C20H25N3O2S. The maximum absolute atomic E-state index is 12.6. The van der Waals surface area contributed by atoms with Crippen LogP contribution in [0.4, 0.5) is 5.69 Å². The van der Waals surface area contributed by atoms with Crippen molar-refractivity contribution in [1.29, 1.82) is 0 Å². The van der Waals surface area contributed by atoms with Crippen LogP contribution < -0.4 is 4.90 Å². The Balaban J connectivity index is 2.24. The predicted octanol–water partition coefficient (Wildman–Crippen LogP) is 3.93. The van der Waals surface area contributed by atoms with Gasteiger partial charge in [-0.1, -0.05) is 18.2 Å². The van der Waals surface area contributed by atoms with Crippen LogP contribution in [0.3, 0.4) is 0 Å². The van der Waals surface area contributed by atoms with Gasteiger partial charge >= 0.3 is 0 Å². The van der Waals surface area contributed by atoms with Gasteiger partial charge in [0.05, 0.1) is 4.90 Å². The van der Waals surface area contributed by atoms with Crippen molar-refractivity contribution >= 4 is 26.6 Å². The minimum Gasteiger partial charge on any atom is -0.372 e. The van der Waals surface area contributed by atoms with Crippen LogP contribution in [0.1, 0.15) is 13.8 Å². The number of anilines is 1. The van der Waals surface area contributed by atoms with Gasteiger partial charge in [-0.05, 0) is 44.2 Å². The van der Waals surface area contributed by atoms with E-state index in [0.29, 0.717) is 4.90 Å². The van der Waals surface area contributed by atoms with Gasteiger partial charge in [0.15, 0.2) is 0 Å². The second kappa shape index (κ2) is 7.13. The Hall–Kier alpha value is -2.31. The molecule has 0 bridgehead atoms. The van der Waals surface area contributed by atoms with Crippen LogP contribution in [0, 0.1) is 0 Å². The molecule has 0 saturated heterocycles. The number of hydrogen-bond acceptors (Lipinski definition) is 3. The molecule has 0 saturated carbocycles. The van der Waals surface area contributed by atoms with E-state index < -0.39 is 10.0 Å². The molecule has 0 unspecified atom stereocenters. The average molecular weight is 372 g/mol. The molecule has 1 N–H and O–H groups in total. The highest BCUT2D eigenvalue weighted by Crippen LogP contribution is 2.34. The molecule has 0 aliphatic carbocycles. The maximum atomic E-state index is 12.6. The molecule has 1 aromatic heterocycles. The second-order valence-corrected chi connectivity index (χ2v) is 8.56. The molecule has 6 heteroatoms. The average Bonchev–Trinajstić information content (AvgIpc) is 3.06. The van der Waals surface area contributed by atoms with Gasteiger partial charge in [-0.15, -0.1) is 0 Å². The minimum absolute atomic E-state index is 0.298. The summed E-state index contributed by atoms with van der Waals surface area (Å²) >= 11 is 0. The third-order valence-corrected chi connectivity index (χ3v) is 6.48. The van der Waals surface area contributed by atoms with Crippen molar-refractivity contribution in [3.63, 3.8) is 0 Å². The Morgan fingerprint density at radius 3 is 2.27 bits per heavy atom. The zero-order valence-corrected chi connectivity index (χ0v) is 16.5. The van der Waals surface area contributed by atoms with Crippen LogP contribution in [-0.2, 0) is 10.0 Å². The first kappa shape index (κ1) is 18.5. The fourth-order valence-electron chi connectivity index (χ4n) is 3.16. The third-order valence-electron chi connectivity index (χ3n) is 4.67. The summed E-state index contributed by atoms with van der Waals surface area (Å²) in [4.78, 5) is 5.96. The van der Waals surface area contributed by atoms with Gasteiger partial charge in [0, 0.05) is 55.0 Å².